The quantitative estimate of drug-likeness (QED) is 0.851. The van der Waals surface area contributed by atoms with Gasteiger partial charge in [0, 0.05) is 12.5 Å². The summed E-state index contributed by atoms with van der Waals surface area (Å²) in [6, 6.07) is 11.1. The molecule has 1 saturated heterocycles. The van der Waals surface area contributed by atoms with E-state index in [0.717, 1.165) is 24.9 Å². The van der Waals surface area contributed by atoms with Crippen molar-refractivity contribution in [3.8, 4) is 0 Å². The minimum absolute atomic E-state index is 0.233. The summed E-state index contributed by atoms with van der Waals surface area (Å²) in [5, 5.41) is 3.11. The summed E-state index contributed by atoms with van der Waals surface area (Å²) in [5.74, 6) is 1.12. The van der Waals surface area contributed by atoms with Crippen molar-refractivity contribution in [2.45, 2.75) is 51.0 Å². The van der Waals surface area contributed by atoms with Gasteiger partial charge < -0.3 is 10.2 Å². The lowest BCUT2D eigenvalue weighted by atomic mass is 9.78. The molecular weight excluding hydrogens is 272 g/mol. The molecule has 2 N–H and O–H groups in total. The molecule has 1 aliphatic carbocycles. The fraction of sp³-hybridized carbons (Fsp3) is 0.632. The fourth-order valence-electron chi connectivity index (χ4n) is 4.35. The van der Waals surface area contributed by atoms with Gasteiger partial charge >= 0.3 is 0 Å². The van der Waals surface area contributed by atoms with Crippen molar-refractivity contribution in [2.24, 2.45) is 5.92 Å². The SMILES string of the molecule is O=C(C[NH+]1CCC[C@H]2CCCC[C@@H]21)NCCc1ccccc1. The van der Waals surface area contributed by atoms with E-state index >= 15 is 0 Å². The zero-order chi connectivity index (χ0) is 15.2. The van der Waals surface area contributed by atoms with E-state index in [-0.39, 0.29) is 5.91 Å². The van der Waals surface area contributed by atoms with Crippen molar-refractivity contribution >= 4 is 5.91 Å². The van der Waals surface area contributed by atoms with E-state index in [0.29, 0.717) is 6.54 Å². The first-order valence-electron chi connectivity index (χ1n) is 8.98. The van der Waals surface area contributed by atoms with Crippen LogP contribution in [0.1, 0.15) is 44.1 Å². The number of fused-ring (bicyclic) bond motifs is 1. The van der Waals surface area contributed by atoms with Crippen molar-refractivity contribution in [3.05, 3.63) is 35.9 Å². The number of amides is 1. The third-order valence-corrected chi connectivity index (χ3v) is 5.47. The van der Waals surface area contributed by atoms with Gasteiger partial charge in [-0.3, -0.25) is 4.79 Å². The molecule has 0 aromatic heterocycles. The Morgan fingerprint density at radius 2 is 1.86 bits per heavy atom. The number of hydrogen-bond donors (Lipinski definition) is 2. The van der Waals surface area contributed by atoms with Crippen LogP contribution in [0.4, 0.5) is 0 Å². The van der Waals surface area contributed by atoms with Crippen LogP contribution in [-0.2, 0) is 11.2 Å². The summed E-state index contributed by atoms with van der Waals surface area (Å²) < 4.78 is 0. The van der Waals surface area contributed by atoms with Gasteiger partial charge in [-0.25, -0.2) is 0 Å². The Morgan fingerprint density at radius 1 is 1.09 bits per heavy atom. The normalized spacial score (nSPS) is 27.9. The number of piperidine rings is 1. The lowest BCUT2D eigenvalue weighted by molar-refractivity contribution is -0.928. The van der Waals surface area contributed by atoms with Gasteiger partial charge in [0.05, 0.1) is 12.6 Å². The first kappa shape index (κ1) is 15.5. The van der Waals surface area contributed by atoms with Crippen LogP contribution in [0.3, 0.4) is 0 Å². The van der Waals surface area contributed by atoms with Crippen LogP contribution in [-0.4, -0.2) is 31.6 Å². The van der Waals surface area contributed by atoms with E-state index < -0.39 is 0 Å². The molecule has 0 bridgehead atoms. The smallest absolute Gasteiger partial charge is 0.275 e. The standard InChI is InChI=1S/C19H28N2O/c22-19(20-13-12-16-7-2-1-3-8-16)15-21-14-6-10-17-9-4-5-11-18(17)21/h1-3,7-8,17-18H,4-6,9-15H2,(H,20,22)/p+1/t17-,18+/m1/s1. The van der Waals surface area contributed by atoms with Gasteiger partial charge in [0.15, 0.2) is 6.54 Å². The second kappa shape index (κ2) is 7.77. The molecule has 3 rings (SSSR count). The van der Waals surface area contributed by atoms with Crippen molar-refractivity contribution in [1.29, 1.82) is 0 Å². The van der Waals surface area contributed by atoms with Gasteiger partial charge in [-0.1, -0.05) is 36.8 Å². The molecule has 3 nitrogen and oxygen atoms in total. The zero-order valence-electron chi connectivity index (χ0n) is 13.5. The largest absolute Gasteiger partial charge is 0.351 e. The molecule has 1 aromatic carbocycles. The fourth-order valence-corrected chi connectivity index (χ4v) is 4.35. The summed E-state index contributed by atoms with van der Waals surface area (Å²) in [4.78, 5) is 13.8. The maximum absolute atomic E-state index is 12.2. The zero-order valence-corrected chi connectivity index (χ0v) is 13.5. The second-order valence-corrected chi connectivity index (χ2v) is 6.96. The first-order valence-corrected chi connectivity index (χ1v) is 8.98. The number of carbonyl (C=O) groups is 1. The molecule has 2 aliphatic rings. The molecule has 2 fully saturated rings. The van der Waals surface area contributed by atoms with Crippen LogP contribution < -0.4 is 10.2 Å². The number of rotatable bonds is 5. The van der Waals surface area contributed by atoms with E-state index in [1.165, 1.54) is 50.6 Å². The van der Waals surface area contributed by atoms with Crippen molar-refractivity contribution < 1.29 is 9.69 Å². The Labute approximate surface area is 134 Å². The maximum atomic E-state index is 12.2. The molecule has 1 heterocycles. The van der Waals surface area contributed by atoms with Gasteiger partial charge in [0.25, 0.3) is 5.91 Å². The predicted molar refractivity (Wildman–Crippen MR) is 88.8 cm³/mol. The highest BCUT2D eigenvalue weighted by Gasteiger charge is 2.37. The van der Waals surface area contributed by atoms with Gasteiger partial charge in [-0.05, 0) is 44.1 Å². The van der Waals surface area contributed by atoms with Gasteiger partial charge in [0.2, 0.25) is 0 Å². The Balaban J connectivity index is 1.43. The highest BCUT2D eigenvalue weighted by molar-refractivity contribution is 5.76. The number of benzene rings is 1. The van der Waals surface area contributed by atoms with Gasteiger partial charge in [0.1, 0.15) is 0 Å². The Morgan fingerprint density at radius 3 is 2.73 bits per heavy atom. The molecule has 1 unspecified atom stereocenters. The summed E-state index contributed by atoms with van der Waals surface area (Å²) in [6.45, 7) is 2.62. The average molecular weight is 301 g/mol. The minimum Gasteiger partial charge on any atom is -0.351 e. The third kappa shape index (κ3) is 4.10. The van der Waals surface area contributed by atoms with Gasteiger partial charge in [-0.2, -0.15) is 0 Å². The number of likely N-dealkylation sites (tertiary alicyclic amines) is 1. The highest BCUT2D eigenvalue weighted by Crippen LogP contribution is 2.28. The predicted octanol–water partition coefficient (Wildman–Crippen LogP) is 1.58. The number of carbonyl (C=O) groups excluding carboxylic acids is 1. The van der Waals surface area contributed by atoms with E-state index in [1.807, 2.05) is 6.07 Å². The first-order chi connectivity index (χ1) is 10.8. The summed E-state index contributed by atoms with van der Waals surface area (Å²) in [7, 11) is 0. The summed E-state index contributed by atoms with van der Waals surface area (Å²) >= 11 is 0. The lowest BCUT2D eigenvalue weighted by Gasteiger charge is -2.40. The molecule has 22 heavy (non-hydrogen) atoms. The van der Waals surface area contributed by atoms with Crippen LogP contribution >= 0.6 is 0 Å². The van der Waals surface area contributed by atoms with E-state index in [1.54, 1.807) is 4.90 Å². The topological polar surface area (TPSA) is 33.5 Å². The summed E-state index contributed by atoms with van der Waals surface area (Å²) in [6.07, 6.45) is 9.10. The third-order valence-electron chi connectivity index (χ3n) is 5.47. The molecule has 1 aromatic rings. The maximum Gasteiger partial charge on any atom is 0.275 e. The number of quaternary nitrogens is 1. The Bertz CT molecular complexity index is 472. The molecule has 3 heteroatoms. The monoisotopic (exact) mass is 301 g/mol. The number of hydrogen-bond acceptors (Lipinski definition) is 1. The molecule has 0 spiro atoms. The van der Waals surface area contributed by atoms with Crippen LogP contribution in [0.25, 0.3) is 0 Å². The molecule has 3 atom stereocenters. The number of nitrogens with one attached hydrogen (secondary N) is 2. The molecule has 1 amide bonds. The van der Waals surface area contributed by atoms with Crippen LogP contribution in [0.5, 0.6) is 0 Å². The Kier molecular flexibility index (Phi) is 5.49. The van der Waals surface area contributed by atoms with Crippen molar-refractivity contribution in [1.82, 2.24) is 5.32 Å². The summed E-state index contributed by atoms with van der Waals surface area (Å²) in [5.41, 5.74) is 1.29. The molecule has 0 radical (unpaired) electrons. The molecule has 1 aliphatic heterocycles. The van der Waals surface area contributed by atoms with Gasteiger partial charge in [-0.15, -0.1) is 0 Å². The lowest BCUT2D eigenvalue weighted by Crippen LogP contribution is -3.18. The highest BCUT2D eigenvalue weighted by atomic mass is 16.2. The average Bonchev–Trinajstić information content (AvgIpc) is 2.56. The van der Waals surface area contributed by atoms with E-state index in [2.05, 4.69) is 29.6 Å². The van der Waals surface area contributed by atoms with E-state index in [9.17, 15) is 4.79 Å². The van der Waals surface area contributed by atoms with Crippen LogP contribution in [0, 0.1) is 5.92 Å². The Hall–Kier alpha value is -1.35. The van der Waals surface area contributed by atoms with Crippen molar-refractivity contribution in [2.75, 3.05) is 19.6 Å². The molecule has 1 saturated carbocycles. The molecular formula is C19H29N2O+. The second-order valence-electron chi connectivity index (χ2n) is 6.96. The van der Waals surface area contributed by atoms with Crippen molar-refractivity contribution in [3.63, 3.8) is 0 Å². The van der Waals surface area contributed by atoms with Crippen LogP contribution in [0.15, 0.2) is 30.3 Å². The van der Waals surface area contributed by atoms with Crippen LogP contribution in [0.2, 0.25) is 0 Å². The van der Waals surface area contributed by atoms with E-state index in [4.69, 9.17) is 0 Å². The molecule has 120 valence electrons. The minimum atomic E-state index is 0.233.